The van der Waals surface area contributed by atoms with Crippen molar-refractivity contribution in [1.82, 2.24) is 0 Å². The third-order valence-electron chi connectivity index (χ3n) is 2.51. The zero-order valence-corrected chi connectivity index (χ0v) is 6.79. The number of rotatable bonds is 1. The van der Waals surface area contributed by atoms with Gasteiger partial charge in [-0.2, -0.15) is 0 Å². The summed E-state index contributed by atoms with van der Waals surface area (Å²) in [4.78, 5) is 0. The van der Waals surface area contributed by atoms with Gasteiger partial charge in [0.25, 0.3) is 0 Å². The molecule has 5 N–H and O–H groups in total. The first-order valence-electron chi connectivity index (χ1n) is 4.26. The van der Waals surface area contributed by atoms with Gasteiger partial charge in [0.2, 0.25) is 0 Å². The number of hydrogen-bond acceptors (Lipinski definition) is 3. The van der Waals surface area contributed by atoms with Crippen molar-refractivity contribution < 1.29 is 0 Å². The molecule has 0 aliphatic heterocycles. The van der Waals surface area contributed by atoms with Gasteiger partial charge in [-0.1, -0.05) is 0 Å². The Morgan fingerprint density at radius 3 is 2.36 bits per heavy atom. The van der Waals surface area contributed by atoms with Gasteiger partial charge in [0.15, 0.2) is 0 Å². The van der Waals surface area contributed by atoms with E-state index in [0.717, 1.165) is 25.7 Å². The summed E-state index contributed by atoms with van der Waals surface area (Å²) in [6.07, 6.45) is 5.48. The SMILES string of the molecule is N=CC1CCC(N)CCC1N. The Labute approximate surface area is 67.7 Å². The number of nitrogens with one attached hydrogen (secondary N) is 1. The lowest BCUT2D eigenvalue weighted by Crippen LogP contribution is -2.29. The van der Waals surface area contributed by atoms with Crippen LogP contribution in [0.1, 0.15) is 25.7 Å². The van der Waals surface area contributed by atoms with Crippen LogP contribution in [0.2, 0.25) is 0 Å². The summed E-state index contributed by atoms with van der Waals surface area (Å²) < 4.78 is 0. The molecule has 64 valence electrons. The van der Waals surface area contributed by atoms with Crippen LogP contribution in [0.15, 0.2) is 0 Å². The highest BCUT2D eigenvalue weighted by molar-refractivity contribution is 5.57. The second-order valence-electron chi connectivity index (χ2n) is 3.41. The van der Waals surface area contributed by atoms with Gasteiger partial charge in [-0.05, 0) is 31.9 Å². The van der Waals surface area contributed by atoms with Crippen molar-refractivity contribution in [3.8, 4) is 0 Å². The van der Waals surface area contributed by atoms with Gasteiger partial charge in [-0.15, -0.1) is 0 Å². The summed E-state index contributed by atoms with van der Waals surface area (Å²) in [5, 5.41) is 7.14. The zero-order valence-electron chi connectivity index (χ0n) is 6.79. The van der Waals surface area contributed by atoms with Crippen LogP contribution in [0, 0.1) is 11.3 Å². The summed E-state index contributed by atoms with van der Waals surface area (Å²) in [7, 11) is 0. The molecule has 3 nitrogen and oxygen atoms in total. The van der Waals surface area contributed by atoms with Crippen LogP contribution < -0.4 is 11.5 Å². The predicted octanol–water partition coefficient (Wildman–Crippen LogP) is 0.481. The molecule has 3 unspecified atom stereocenters. The first-order chi connectivity index (χ1) is 5.24. The van der Waals surface area contributed by atoms with Crippen molar-refractivity contribution >= 4 is 6.21 Å². The maximum Gasteiger partial charge on any atom is 0.0117 e. The molecule has 11 heavy (non-hydrogen) atoms. The largest absolute Gasteiger partial charge is 0.328 e. The number of hydrogen-bond donors (Lipinski definition) is 3. The molecule has 0 amide bonds. The average Bonchev–Trinajstić information content (AvgIpc) is 2.15. The average molecular weight is 155 g/mol. The van der Waals surface area contributed by atoms with E-state index in [2.05, 4.69) is 0 Å². The van der Waals surface area contributed by atoms with Crippen molar-refractivity contribution in [1.29, 1.82) is 5.41 Å². The van der Waals surface area contributed by atoms with Crippen molar-refractivity contribution in [3.63, 3.8) is 0 Å². The van der Waals surface area contributed by atoms with Crippen LogP contribution in [-0.4, -0.2) is 18.3 Å². The van der Waals surface area contributed by atoms with E-state index in [-0.39, 0.29) is 12.0 Å². The molecular weight excluding hydrogens is 138 g/mol. The van der Waals surface area contributed by atoms with Crippen molar-refractivity contribution in [2.75, 3.05) is 0 Å². The second kappa shape index (κ2) is 3.83. The maximum atomic E-state index is 7.14. The first-order valence-corrected chi connectivity index (χ1v) is 4.26. The fraction of sp³-hybridized carbons (Fsp3) is 0.875. The molecule has 0 bridgehead atoms. The molecule has 0 aromatic rings. The Balaban J connectivity index is 2.47. The molecule has 1 saturated carbocycles. The van der Waals surface area contributed by atoms with E-state index in [0.29, 0.717) is 6.04 Å². The monoisotopic (exact) mass is 155 g/mol. The van der Waals surface area contributed by atoms with E-state index in [9.17, 15) is 0 Å². The summed E-state index contributed by atoms with van der Waals surface area (Å²) in [5.74, 6) is 0.267. The molecule has 0 aromatic heterocycles. The fourth-order valence-electron chi connectivity index (χ4n) is 1.59. The molecule has 1 aliphatic carbocycles. The van der Waals surface area contributed by atoms with E-state index in [1.165, 1.54) is 6.21 Å². The fourth-order valence-corrected chi connectivity index (χ4v) is 1.59. The van der Waals surface area contributed by atoms with Crippen molar-refractivity contribution in [2.24, 2.45) is 17.4 Å². The van der Waals surface area contributed by atoms with Gasteiger partial charge in [0.05, 0.1) is 0 Å². The summed E-state index contributed by atoms with van der Waals surface area (Å²) in [6.45, 7) is 0. The topological polar surface area (TPSA) is 75.9 Å². The van der Waals surface area contributed by atoms with E-state index < -0.39 is 0 Å². The molecule has 0 heterocycles. The van der Waals surface area contributed by atoms with Gasteiger partial charge in [-0.25, -0.2) is 0 Å². The van der Waals surface area contributed by atoms with Gasteiger partial charge in [0.1, 0.15) is 0 Å². The van der Waals surface area contributed by atoms with Gasteiger partial charge < -0.3 is 16.9 Å². The highest BCUT2D eigenvalue weighted by atomic mass is 14.7. The van der Waals surface area contributed by atoms with E-state index in [1.807, 2.05) is 0 Å². The molecule has 3 atom stereocenters. The van der Waals surface area contributed by atoms with E-state index in [1.54, 1.807) is 0 Å². The lowest BCUT2D eigenvalue weighted by molar-refractivity contribution is 0.508. The standard InChI is InChI=1S/C8H17N3/c9-5-6-1-2-7(10)3-4-8(6)11/h5-9H,1-4,10-11H2. The highest BCUT2D eigenvalue weighted by Gasteiger charge is 2.21. The van der Waals surface area contributed by atoms with E-state index >= 15 is 0 Å². The smallest absolute Gasteiger partial charge is 0.0117 e. The van der Waals surface area contributed by atoms with Crippen LogP contribution in [0.3, 0.4) is 0 Å². The molecule has 0 spiro atoms. The van der Waals surface area contributed by atoms with Crippen molar-refractivity contribution in [2.45, 2.75) is 37.8 Å². The lowest BCUT2D eigenvalue weighted by atomic mass is 9.97. The third-order valence-corrected chi connectivity index (χ3v) is 2.51. The third kappa shape index (κ3) is 2.27. The maximum absolute atomic E-state index is 7.14. The zero-order chi connectivity index (χ0) is 8.27. The van der Waals surface area contributed by atoms with Gasteiger partial charge >= 0.3 is 0 Å². The predicted molar refractivity (Wildman–Crippen MR) is 46.7 cm³/mol. The summed E-state index contributed by atoms with van der Waals surface area (Å²) in [5.41, 5.74) is 11.6. The van der Waals surface area contributed by atoms with Crippen LogP contribution >= 0.6 is 0 Å². The summed E-state index contributed by atoms with van der Waals surface area (Å²) in [6, 6.07) is 0.479. The van der Waals surface area contributed by atoms with E-state index in [4.69, 9.17) is 16.9 Å². The molecule has 3 heteroatoms. The quantitative estimate of drug-likeness (QED) is 0.380. The molecular formula is C8H17N3. The first kappa shape index (κ1) is 8.68. The van der Waals surface area contributed by atoms with Crippen LogP contribution in [0.25, 0.3) is 0 Å². The van der Waals surface area contributed by atoms with Crippen LogP contribution in [0.4, 0.5) is 0 Å². The lowest BCUT2D eigenvalue weighted by Gasteiger charge is -2.14. The summed E-state index contributed by atoms with van der Waals surface area (Å²) >= 11 is 0. The highest BCUT2D eigenvalue weighted by Crippen LogP contribution is 2.19. The molecule has 0 saturated heterocycles. The normalized spacial score (nSPS) is 39.6. The van der Waals surface area contributed by atoms with Crippen molar-refractivity contribution in [3.05, 3.63) is 0 Å². The molecule has 0 aromatic carbocycles. The Morgan fingerprint density at radius 1 is 1.09 bits per heavy atom. The minimum Gasteiger partial charge on any atom is -0.328 e. The van der Waals surface area contributed by atoms with Crippen LogP contribution in [0.5, 0.6) is 0 Å². The Kier molecular flexibility index (Phi) is 3.02. The molecule has 1 rings (SSSR count). The van der Waals surface area contributed by atoms with Gasteiger partial charge in [0, 0.05) is 18.0 Å². The van der Waals surface area contributed by atoms with Gasteiger partial charge in [-0.3, -0.25) is 0 Å². The van der Waals surface area contributed by atoms with Crippen LogP contribution in [-0.2, 0) is 0 Å². The Bertz CT molecular complexity index is 135. The Hall–Kier alpha value is -0.410. The molecule has 0 radical (unpaired) electrons. The molecule has 1 aliphatic rings. The number of nitrogens with two attached hydrogens (primary N) is 2. The Morgan fingerprint density at radius 2 is 1.73 bits per heavy atom. The minimum atomic E-state index is 0.168. The molecule has 1 fully saturated rings. The minimum absolute atomic E-state index is 0.168. The second-order valence-corrected chi connectivity index (χ2v) is 3.41.